The van der Waals surface area contributed by atoms with Crippen molar-refractivity contribution in [1.82, 2.24) is 9.97 Å². The summed E-state index contributed by atoms with van der Waals surface area (Å²) in [4.78, 5) is 8.20. The van der Waals surface area contributed by atoms with Gasteiger partial charge in [-0.05, 0) is 18.2 Å². The highest BCUT2D eigenvalue weighted by molar-refractivity contribution is 6.31. The Balaban J connectivity index is 2.77. The first-order chi connectivity index (χ1) is 6.31. The van der Waals surface area contributed by atoms with Crippen molar-refractivity contribution in [2.45, 2.75) is 0 Å². The molecule has 66 valence electrons. The third-order valence-corrected chi connectivity index (χ3v) is 2.07. The average molecular weight is 194 g/mol. The lowest BCUT2D eigenvalue weighted by atomic mass is 10.2. The largest absolute Gasteiger partial charge is 0.373 e. The minimum absolute atomic E-state index is 0.688. The molecule has 0 fully saturated rings. The Labute approximate surface area is 80.8 Å². The van der Waals surface area contributed by atoms with Crippen LogP contribution >= 0.6 is 11.6 Å². The van der Waals surface area contributed by atoms with Crippen LogP contribution in [0.1, 0.15) is 0 Å². The Morgan fingerprint density at radius 1 is 1.31 bits per heavy atom. The van der Waals surface area contributed by atoms with Gasteiger partial charge in [0.2, 0.25) is 0 Å². The van der Waals surface area contributed by atoms with Gasteiger partial charge < -0.3 is 5.32 Å². The first kappa shape index (κ1) is 8.26. The number of hydrogen-bond acceptors (Lipinski definition) is 3. The summed E-state index contributed by atoms with van der Waals surface area (Å²) in [5.41, 5.74) is 0.854. The number of rotatable bonds is 1. The minimum Gasteiger partial charge on any atom is -0.373 e. The SMILES string of the molecule is CNc1ncnc2cc(Cl)ccc12. The molecule has 2 rings (SSSR count). The number of fused-ring (bicyclic) bond motifs is 1. The van der Waals surface area contributed by atoms with Crippen molar-refractivity contribution in [3.63, 3.8) is 0 Å². The summed E-state index contributed by atoms with van der Waals surface area (Å²) < 4.78 is 0. The second-order valence-corrected chi connectivity index (χ2v) is 3.07. The second kappa shape index (κ2) is 3.18. The van der Waals surface area contributed by atoms with Gasteiger partial charge in [-0.25, -0.2) is 9.97 Å². The van der Waals surface area contributed by atoms with Gasteiger partial charge in [-0.2, -0.15) is 0 Å². The topological polar surface area (TPSA) is 37.8 Å². The predicted molar refractivity (Wildman–Crippen MR) is 54.1 cm³/mol. The molecular weight excluding hydrogens is 186 g/mol. The summed E-state index contributed by atoms with van der Waals surface area (Å²) in [5, 5.41) is 4.66. The van der Waals surface area contributed by atoms with E-state index in [1.807, 2.05) is 25.2 Å². The van der Waals surface area contributed by atoms with Gasteiger partial charge in [-0.15, -0.1) is 0 Å². The molecule has 1 aromatic carbocycles. The molecule has 0 saturated carbocycles. The molecule has 4 heteroatoms. The Kier molecular flexibility index (Phi) is 2.02. The fourth-order valence-corrected chi connectivity index (χ4v) is 1.40. The fraction of sp³-hybridized carbons (Fsp3) is 0.111. The van der Waals surface area contributed by atoms with Crippen molar-refractivity contribution in [2.24, 2.45) is 0 Å². The van der Waals surface area contributed by atoms with Gasteiger partial charge in [0.1, 0.15) is 12.1 Å². The Hall–Kier alpha value is -1.35. The average Bonchev–Trinajstić information content (AvgIpc) is 2.16. The lowest BCUT2D eigenvalue weighted by Crippen LogP contribution is -1.94. The molecule has 1 N–H and O–H groups in total. The molecule has 0 aliphatic heterocycles. The van der Waals surface area contributed by atoms with Gasteiger partial charge in [0.05, 0.1) is 5.52 Å². The van der Waals surface area contributed by atoms with Crippen LogP contribution in [0.25, 0.3) is 10.9 Å². The minimum atomic E-state index is 0.688. The van der Waals surface area contributed by atoms with Crippen molar-refractivity contribution in [3.8, 4) is 0 Å². The van der Waals surface area contributed by atoms with E-state index in [9.17, 15) is 0 Å². The van der Waals surface area contributed by atoms with E-state index < -0.39 is 0 Å². The molecule has 0 aliphatic carbocycles. The summed E-state index contributed by atoms with van der Waals surface area (Å²) in [6.07, 6.45) is 1.52. The van der Waals surface area contributed by atoms with Gasteiger partial charge in [0.25, 0.3) is 0 Å². The molecule has 2 aromatic rings. The van der Waals surface area contributed by atoms with Crippen molar-refractivity contribution < 1.29 is 0 Å². The summed E-state index contributed by atoms with van der Waals surface area (Å²) in [5.74, 6) is 0.821. The van der Waals surface area contributed by atoms with Crippen LogP contribution in [0.4, 0.5) is 5.82 Å². The van der Waals surface area contributed by atoms with E-state index >= 15 is 0 Å². The zero-order valence-electron chi connectivity index (χ0n) is 7.08. The Bertz CT molecular complexity index is 442. The number of nitrogens with zero attached hydrogens (tertiary/aromatic N) is 2. The molecule has 3 nitrogen and oxygen atoms in total. The Morgan fingerprint density at radius 3 is 2.92 bits per heavy atom. The number of halogens is 1. The van der Waals surface area contributed by atoms with Gasteiger partial charge in [-0.3, -0.25) is 0 Å². The van der Waals surface area contributed by atoms with E-state index in [0.717, 1.165) is 16.7 Å². The van der Waals surface area contributed by atoms with E-state index in [0.29, 0.717) is 5.02 Å². The summed E-state index contributed by atoms with van der Waals surface area (Å²) in [7, 11) is 1.83. The first-order valence-electron chi connectivity index (χ1n) is 3.89. The second-order valence-electron chi connectivity index (χ2n) is 2.63. The van der Waals surface area contributed by atoms with Crippen LogP contribution in [0.3, 0.4) is 0 Å². The number of benzene rings is 1. The molecular formula is C9H8ClN3. The molecule has 0 saturated heterocycles. The maximum atomic E-state index is 5.83. The van der Waals surface area contributed by atoms with Gasteiger partial charge in [-0.1, -0.05) is 11.6 Å². The fourth-order valence-electron chi connectivity index (χ4n) is 1.23. The number of aromatic nitrogens is 2. The molecule has 0 aliphatic rings. The van der Waals surface area contributed by atoms with Crippen molar-refractivity contribution in [1.29, 1.82) is 0 Å². The Morgan fingerprint density at radius 2 is 2.15 bits per heavy atom. The van der Waals surface area contributed by atoms with Crippen LogP contribution in [0, 0.1) is 0 Å². The van der Waals surface area contributed by atoms with E-state index in [2.05, 4.69) is 15.3 Å². The quantitative estimate of drug-likeness (QED) is 0.756. The van der Waals surface area contributed by atoms with Crippen molar-refractivity contribution >= 4 is 28.3 Å². The smallest absolute Gasteiger partial charge is 0.137 e. The maximum Gasteiger partial charge on any atom is 0.137 e. The van der Waals surface area contributed by atoms with Gasteiger partial charge in [0.15, 0.2) is 0 Å². The van der Waals surface area contributed by atoms with Crippen LogP contribution in [0.15, 0.2) is 24.5 Å². The highest BCUT2D eigenvalue weighted by Gasteiger charge is 2.00. The molecule has 1 heterocycles. The van der Waals surface area contributed by atoms with E-state index in [-0.39, 0.29) is 0 Å². The van der Waals surface area contributed by atoms with Crippen LogP contribution in [0.5, 0.6) is 0 Å². The molecule has 13 heavy (non-hydrogen) atoms. The molecule has 0 spiro atoms. The van der Waals surface area contributed by atoms with E-state index in [1.54, 1.807) is 0 Å². The molecule has 0 bridgehead atoms. The normalized spacial score (nSPS) is 10.3. The van der Waals surface area contributed by atoms with E-state index in [4.69, 9.17) is 11.6 Å². The monoisotopic (exact) mass is 193 g/mol. The number of anilines is 1. The molecule has 0 radical (unpaired) electrons. The molecule has 0 unspecified atom stereocenters. The summed E-state index contributed by atoms with van der Waals surface area (Å²) >= 11 is 5.83. The molecule has 1 aromatic heterocycles. The van der Waals surface area contributed by atoms with Crippen LogP contribution in [-0.2, 0) is 0 Å². The standard InChI is InChI=1S/C9H8ClN3/c1-11-9-7-3-2-6(10)4-8(7)12-5-13-9/h2-5H,1H3,(H,11,12,13). The van der Waals surface area contributed by atoms with Crippen LogP contribution in [-0.4, -0.2) is 17.0 Å². The van der Waals surface area contributed by atoms with Crippen LogP contribution in [0.2, 0.25) is 5.02 Å². The zero-order chi connectivity index (χ0) is 9.26. The highest BCUT2D eigenvalue weighted by atomic mass is 35.5. The number of nitrogens with one attached hydrogen (secondary N) is 1. The van der Waals surface area contributed by atoms with Crippen molar-refractivity contribution in [3.05, 3.63) is 29.5 Å². The number of hydrogen-bond donors (Lipinski definition) is 1. The summed E-state index contributed by atoms with van der Waals surface area (Å²) in [6, 6.07) is 5.55. The van der Waals surface area contributed by atoms with Gasteiger partial charge >= 0.3 is 0 Å². The predicted octanol–water partition coefficient (Wildman–Crippen LogP) is 2.32. The molecule has 0 amide bonds. The van der Waals surface area contributed by atoms with Crippen molar-refractivity contribution in [2.75, 3.05) is 12.4 Å². The van der Waals surface area contributed by atoms with Gasteiger partial charge in [0, 0.05) is 17.5 Å². The maximum absolute atomic E-state index is 5.83. The lowest BCUT2D eigenvalue weighted by Gasteiger charge is -2.02. The summed E-state index contributed by atoms with van der Waals surface area (Å²) in [6.45, 7) is 0. The highest BCUT2D eigenvalue weighted by Crippen LogP contribution is 2.21. The van der Waals surface area contributed by atoms with Crippen LogP contribution < -0.4 is 5.32 Å². The van der Waals surface area contributed by atoms with E-state index in [1.165, 1.54) is 6.33 Å². The third kappa shape index (κ3) is 1.42. The first-order valence-corrected chi connectivity index (χ1v) is 4.27. The zero-order valence-corrected chi connectivity index (χ0v) is 7.84. The third-order valence-electron chi connectivity index (χ3n) is 1.84. The molecule has 0 atom stereocenters. The lowest BCUT2D eigenvalue weighted by molar-refractivity contribution is 1.21.